The van der Waals surface area contributed by atoms with Gasteiger partial charge in [-0.15, -0.1) is 11.3 Å². The molecule has 2 amide bonds. The van der Waals surface area contributed by atoms with E-state index in [4.69, 9.17) is 27.9 Å². The van der Waals surface area contributed by atoms with Gasteiger partial charge in [-0.25, -0.2) is 4.98 Å². The molecule has 2 saturated heterocycles. The van der Waals surface area contributed by atoms with Crippen molar-refractivity contribution in [3.8, 4) is 0 Å². The van der Waals surface area contributed by atoms with E-state index in [2.05, 4.69) is 15.6 Å². The van der Waals surface area contributed by atoms with Gasteiger partial charge >= 0.3 is 0 Å². The zero-order chi connectivity index (χ0) is 21.8. The van der Waals surface area contributed by atoms with Crippen molar-refractivity contribution in [2.75, 3.05) is 31.6 Å². The van der Waals surface area contributed by atoms with Gasteiger partial charge in [0.2, 0.25) is 5.91 Å². The molecule has 4 rings (SSSR count). The standard InChI is InChI=1S/C21H24Cl2N4O3S/c22-15-6-1-7-16(18(15)23)25-21-26-17(12-31-21)20(29)27-8-2-4-13(11-27)19(28)24-10-14-5-3-9-30-14/h1,6-7,12-14H,2-5,8-11H2,(H,24,28)(H,25,26)/t13-,14+/m1/s1. The maximum atomic E-state index is 13.0. The number of benzene rings is 1. The van der Waals surface area contributed by atoms with Crippen LogP contribution in [0, 0.1) is 5.92 Å². The molecule has 0 saturated carbocycles. The summed E-state index contributed by atoms with van der Waals surface area (Å²) in [4.78, 5) is 31.7. The summed E-state index contributed by atoms with van der Waals surface area (Å²) >= 11 is 13.6. The minimum absolute atomic E-state index is 0.00997. The fraction of sp³-hybridized carbons (Fsp3) is 0.476. The number of nitrogens with zero attached hydrogens (tertiary/aromatic N) is 2. The number of halogens is 2. The summed E-state index contributed by atoms with van der Waals surface area (Å²) in [5.41, 5.74) is 0.981. The van der Waals surface area contributed by atoms with Crippen LogP contribution in [0.25, 0.3) is 0 Å². The van der Waals surface area contributed by atoms with E-state index in [0.717, 1.165) is 32.3 Å². The van der Waals surface area contributed by atoms with Gasteiger partial charge in [0.05, 0.1) is 27.8 Å². The van der Waals surface area contributed by atoms with Crippen LogP contribution in [0.4, 0.5) is 10.8 Å². The molecular formula is C21H24Cl2N4O3S. The summed E-state index contributed by atoms with van der Waals surface area (Å²) in [6, 6.07) is 5.28. The summed E-state index contributed by atoms with van der Waals surface area (Å²) in [5.74, 6) is -0.386. The maximum Gasteiger partial charge on any atom is 0.273 e. The average molecular weight is 483 g/mol. The molecule has 2 aromatic rings. The van der Waals surface area contributed by atoms with E-state index in [1.807, 2.05) is 0 Å². The molecule has 2 aliphatic heterocycles. The highest BCUT2D eigenvalue weighted by Gasteiger charge is 2.30. The number of aromatic nitrogens is 1. The topological polar surface area (TPSA) is 83.6 Å². The SMILES string of the molecule is O=C(NC[C@@H]1CCCO1)[C@@H]1CCCN(C(=O)c2csc(Nc3cccc(Cl)c3Cl)n2)C1. The summed E-state index contributed by atoms with van der Waals surface area (Å²) in [6.45, 7) is 2.32. The van der Waals surface area contributed by atoms with Crippen LogP contribution in [0.3, 0.4) is 0 Å². The number of hydrogen-bond donors (Lipinski definition) is 2. The van der Waals surface area contributed by atoms with Crippen LogP contribution in [0.1, 0.15) is 36.2 Å². The van der Waals surface area contributed by atoms with Crippen molar-refractivity contribution >= 4 is 57.2 Å². The molecule has 1 aromatic heterocycles. The highest BCUT2D eigenvalue weighted by Crippen LogP contribution is 2.32. The monoisotopic (exact) mass is 482 g/mol. The summed E-state index contributed by atoms with van der Waals surface area (Å²) in [5, 5.41) is 9.20. The Bertz CT molecular complexity index is 948. The first-order chi connectivity index (χ1) is 15.0. The first kappa shape index (κ1) is 22.3. The normalized spacial score (nSPS) is 21.2. The number of thiazole rings is 1. The van der Waals surface area contributed by atoms with Gasteiger partial charge in [-0.05, 0) is 37.8 Å². The molecule has 0 aliphatic carbocycles. The number of carbonyl (C=O) groups is 2. The lowest BCUT2D eigenvalue weighted by atomic mass is 9.97. The average Bonchev–Trinajstić information content (AvgIpc) is 3.47. The summed E-state index contributed by atoms with van der Waals surface area (Å²) in [7, 11) is 0. The molecule has 1 aromatic carbocycles. The van der Waals surface area contributed by atoms with Crippen LogP contribution in [0.5, 0.6) is 0 Å². The van der Waals surface area contributed by atoms with E-state index in [1.54, 1.807) is 28.5 Å². The van der Waals surface area contributed by atoms with Gasteiger partial charge in [0.1, 0.15) is 5.69 Å². The third-order valence-electron chi connectivity index (χ3n) is 5.52. The molecule has 31 heavy (non-hydrogen) atoms. The Labute approximate surface area is 195 Å². The summed E-state index contributed by atoms with van der Waals surface area (Å²) in [6.07, 6.45) is 3.70. The van der Waals surface area contributed by atoms with Crippen LogP contribution in [0.2, 0.25) is 10.0 Å². The molecule has 166 valence electrons. The predicted octanol–water partition coefficient (Wildman–Crippen LogP) is 4.34. The van der Waals surface area contributed by atoms with Gasteiger partial charge in [-0.1, -0.05) is 29.3 Å². The quantitative estimate of drug-likeness (QED) is 0.639. The van der Waals surface area contributed by atoms with E-state index in [-0.39, 0.29) is 23.8 Å². The van der Waals surface area contributed by atoms with Crippen molar-refractivity contribution in [1.29, 1.82) is 0 Å². The van der Waals surface area contributed by atoms with Crippen molar-refractivity contribution in [2.45, 2.75) is 31.8 Å². The number of carbonyl (C=O) groups excluding carboxylic acids is 2. The molecule has 3 heterocycles. The molecular weight excluding hydrogens is 459 g/mol. The number of likely N-dealkylation sites (tertiary alicyclic amines) is 1. The Hall–Kier alpha value is -1.87. The number of hydrogen-bond acceptors (Lipinski definition) is 6. The molecule has 0 spiro atoms. The second kappa shape index (κ2) is 10.2. The van der Waals surface area contributed by atoms with Gasteiger partial charge in [-0.2, -0.15) is 0 Å². The first-order valence-electron chi connectivity index (χ1n) is 10.4. The number of amides is 2. The number of rotatable bonds is 6. The Morgan fingerprint density at radius 1 is 1.26 bits per heavy atom. The number of piperidine rings is 1. The zero-order valence-electron chi connectivity index (χ0n) is 16.9. The zero-order valence-corrected chi connectivity index (χ0v) is 19.2. The van der Waals surface area contributed by atoms with Crippen LogP contribution < -0.4 is 10.6 Å². The van der Waals surface area contributed by atoms with E-state index in [9.17, 15) is 9.59 Å². The smallest absolute Gasteiger partial charge is 0.273 e. The molecule has 2 aliphatic rings. The van der Waals surface area contributed by atoms with E-state index in [1.165, 1.54) is 11.3 Å². The van der Waals surface area contributed by atoms with E-state index < -0.39 is 0 Å². The van der Waals surface area contributed by atoms with E-state index >= 15 is 0 Å². The number of anilines is 2. The largest absolute Gasteiger partial charge is 0.376 e. The Morgan fingerprint density at radius 3 is 2.94 bits per heavy atom. The van der Waals surface area contributed by atoms with Crippen molar-refractivity contribution in [2.24, 2.45) is 5.92 Å². The number of nitrogens with one attached hydrogen (secondary N) is 2. The molecule has 2 atom stereocenters. The van der Waals surface area contributed by atoms with Crippen LogP contribution in [0.15, 0.2) is 23.6 Å². The van der Waals surface area contributed by atoms with Crippen LogP contribution in [-0.4, -0.2) is 54.0 Å². The minimum atomic E-state index is -0.208. The Morgan fingerprint density at radius 2 is 2.13 bits per heavy atom. The van der Waals surface area contributed by atoms with Gasteiger partial charge < -0.3 is 20.3 Å². The van der Waals surface area contributed by atoms with Gasteiger partial charge in [0.15, 0.2) is 5.13 Å². The minimum Gasteiger partial charge on any atom is -0.376 e. The lowest BCUT2D eigenvalue weighted by Gasteiger charge is -2.31. The Kier molecular flexibility index (Phi) is 7.32. The molecule has 2 fully saturated rings. The van der Waals surface area contributed by atoms with Crippen molar-refractivity contribution in [3.05, 3.63) is 39.3 Å². The molecule has 0 unspecified atom stereocenters. The van der Waals surface area contributed by atoms with Gasteiger partial charge in [0.25, 0.3) is 5.91 Å². The third kappa shape index (κ3) is 5.49. The molecule has 7 nitrogen and oxygen atoms in total. The van der Waals surface area contributed by atoms with Crippen molar-refractivity contribution in [1.82, 2.24) is 15.2 Å². The fourth-order valence-electron chi connectivity index (χ4n) is 3.85. The van der Waals surface area contributed by atoms with Crippen molar-refractivity contribution < 1.29 is 14.3 Å². The Balaban J connectivity index is 1.34. The lowest BCUT2D eigenvalue weighted by Crippen LogP contribution is -2.46. The third-order valence-corrected chi connectivity index (χ3v) is 7.10. The predicted molar refractivity (Wildman–Crippen MR) is 122 cm³/mol. The van der Waals surface area contributed by atoms with Gasteiger partial charge in [0, 0.05) is 31.6 Å². The highest BCUT2D eigenvalue weighted by molar-refractivity contribution is 7.14. The van der Waals surface area contributed by atoms with Gasteiger partial charge in [-0.3, -0.25) is 9.59 Å². The second-order valence-electron chi connectivity index (χ2n) is 7.73. The molecule has 0 radical (unpaired) electrons. The molecule has 0 bridgehead atoms. The van der Waals surface area contributed by atoms with Crippen molar-refractivity contribution in [3.63, 3.8) is 0 Å². The maximum absolute atomic E-state index is 13.0. The molecule has 10 heteroatoms. The lowest BCUT2D eigenvalue weighted by molar-refractivity contribution is -0.126. The number of ether oxygens (including phenoxy) is 1. The second-order valence-corrected chi connectivity index (χ2v) is 9.38. The van der Waals surface area contributed by atoms with Crippen LogP contribution in [-0.2, 0) is 9.53 Å². The molecule has 2 N–H and O–H groups in total. The fourth-order valence-corrected chi connectivity index (χ4v) is 4.89. The van der Waals surface area contributed by atoms with E-state index in [0.29, 0.717) is 46.2 Å². The van der Waals surface area contributed by atoms with Crippen LogP contribution >= 0.6 is 34.5 Å². The highest BCUT2D eigenvalue weighted by atomic mass is 35.5. The summed E-state index contributed by atoms with van der Waals surface area (Å²) < 4.78 is 5.56. The first-order valence-corrected chi connectivity index (χ1v) is 12.0.